The number of hydrogen-bond acceptors (Lipinski definition) is 4. The van der Waals surface area contributed by atoms with Gasteiger partial charge in [-0.2, -0.15) is 0 Å². The Morgan fingerprint density at radius 1 is 1.38 bits per heavy atom. The molecule has 0 bridgehead atoms. The molecule has 0 aliphatic heterocycles. The first-order valence-corrected chi connectivity index (χ1v) is 2.03. The molecule has 0 saturated heterocycles. The van der Waals surface area contributed by atoms with Crippen LogP contribution in [-0.2, 0) is 0 Å². The molecule has 0 amide bonds. The SMILES string of the molecule is O=c1ccnnnc1. The minimum atomic E-state index is -0.185. The highest BCUT2D eigenvalue weighted by Gasteiger charge is 1.72. The van der Waals surface area contributed by atoms with E-state index in [-0.39, 0.29) is 5.43 Å². The topological polar surface area (TPSA) is 55.7 Å². The summed E-state index contributed by atoms with van der Waals surface area (Å²) in [5.41, 5.74) is -0.185. The van der Waals surface area contributed by atoms with Crippen molar-refractivity contribution in [1.29, 1.82) is 0 Å². The van der Waals surface area contributed by atoms with Gasteiger partial charge in [-0.25, -0.2) is 0 Å². The maximum Gasteiger partial charge on any atom is 0.200 e. The summed E-state index contributed by atoms with van der Waals surface area (Å²) in [6.07, 6.45) is 2.41. The minimum absolute atomic E-state index is 0.185. The van der Waals surface area contributed by atoms with Crippen molar-refractivity contribution in [3.8, 4) is 0 Å². The van der Waals surface area contributed by atoms with Crippen LogP contribution in [-0.4, -0.2) is 15.4 Å². The van der Waals surface area contributed by atoms with E-state index in [1.807, 2.05) is 0 Å². The molecular formula is C4H3N3O. The first kappa shape index (κ1) is 4.83. The molecule has 0 aliphatic carbocycles. The third-order valence-corrected chi connectivity index (χ3v) is 0.594. The van der Waals surface area contributed by atoms with Gasteiger partial charge in [0.25, 0.3) is 0 Å². The van der Waals surface area contributed by atoms with Crippen LogP contribution < -0.4 is 5.43 Å². The van der Waals surface area contributed by atoms with Gasteiger partial charge < -0.3 is 0 Å². The average Bonchev–Trinajstić information content (AvgIpc) is 1.94. The van der Waals surface area contributed by atoms with Gasteiger partial charge in [0.1, 0.15) is 0 Å². The summed E-state index contributed by atoms with van der Waals surface area (Å²) in [7, 11) is 0. The first-order chi connectivity index (χ1) is 3.89. The van der Waals surface area contributed by atoms with Gasteiger partial charge in [-0.15, -0.1) is 10.2 Å². The van der Waals surface area contributed by atoms with E-state index in [0.29, 0.717) is 0 Å². The van der Waals surface area contributed by atoms with Crippen LogP contribution >= 0.6 is 0 Å². The van der Waals surface area contributed by atoms with Crippen molar-refractivity contribution in [3.63, 3.8) is 0 Å². The van der Waals surface area contributed by atoms with Crippen molar-refractivity contribution in [1.82, 2.24) is 15.4 Å². The standard InChI is InChI=1S/C4H3N3O/c8-4-1-2-5-7-6-3-4/h1-3H. The van der Waals surface area contributed by atoms with E-state index in [4.69, 9.17) is 0 Å². The third-order valence-electron chi connectivity index (χ3n) is 0.594. The van der Waals surface area contributed by atoms with Crippen LogP contribution in [0.5, 0.6) is 0 Å². The molecule has 1 rings (SSSR count). The molecule has 4 heteroatoms. The molecule has 0 aliphatic rings. The Bertz CT molecular complexity index is 202. The van der Waals surface area contributed by atoms with Crippen molar-refractivity contribution in [2.75, 3.05) is 0 Å². The fourth-order valence-corrected chi connectivity index (χ4v) is 0.292. The lowest BCUT2D eigenvalue weighted by atomic mass is 10.6. The van der Waals surface area contributed by atoms with Crippen LogP contribution in [0.3, 0.4) is 0 Å². The summed E-state index contributed by atoms with van der Waals surface area (Å²) < 4.78 is 0. The highest BCUT2D eigenvalue weighted by atomic mass is 16.1. The lowest BCUT2D eigenvalue weighted by molar-refractivity contribution is 0.890. The van der Waals surface area contributed by atoms with Crippen LogP contribution in [0.15, 0.2) is 23.3 Å². The molecule has 0 unspecified atom stereocenters. The molecule has 0 saturated carbocycles. The molecule has 0 spiro atoms. The molecule has 1 aromatic heterocycles. The molecule has 8 heavy (non-hydrogen) atoms. The van der Waals surface area contributed by atoms with E-state index >= 15 is 0 Å². The van der Waals surface area contributed by atoms with Crippen molar-refractivity contribution < 1.29 is 0 Å². The molecule has 1 aromatic rings. The van der Waals surface area contributed by atoms with Crippen molar-refractivity contribution in [2.45, 2.75) is 0 Å². The van der Waals surface area contributed by atoms with Crippen LogP contribution in [0, 0.1) is 0 Å². The van der Waals surface area contributed by atoms with E-state index in [9.17, 15) is 4.79 Å². The Kier molecular flexibility index (Phi) is 1.27. The Morgan fingerprint density at radius 3 is 3.12 bits per heavy atom. The molecule has 1 heterocycles. The maximum atomic E-state index is 10.3. The van der Waals surface area contributed by atoms with E-state index in [1.165, 1.54) is 12.3 Å². The normalized spacial score (nSPS) is 8.50. The smallest absolute Gasteiger partial charge is 0.200 e. The van der Waals surface area contributed by atoms with E-state index in [0.717, 1.165) is 6.20 Å². The highest BCUT2D eigenvalue weighted by Crippen LogP contribution is 1.55. The van der Waals surface area contributed by atoms with Crippen LogP contribution in [0.1, 0.15) is 0 Å². The van der Waals surface area contributed by atoms with E-state index in [1.54, 1.807) is 0 Å². The fourth-order valence-electron chi connectivity index (χ4n) is 0.292. The van der Waals surface area contributed by atoms with Crippen molar-refractivity contribution in [2.24, 2.45) is 0 Å². The van der Waals surface area contributed by atoms with Crippen molar-refractivity contribution in [3.05, 3.63) is 28.7 Å². The summed E-state index contributed by atoms with van der Waals surface area (Å²) in [4.78, 5) is 10.3. The second-order valence-corrected chi connectivity index (χ2v) is 1.17. The zero-order valence-corrected chi connectivity index (χ0v) is 3.98. The predicted octanol–water partition coefficient (Wildman–Crippen LogP) is -0.768. The second-order valence-electron chi connectivity index (χ2n) is 1.17. The Hall–Kier alpha value is -1.32. The summed E-state index contributed by atoms with van der Waals surface area (Å²) in [5.74, 6) is 0. The zero-order valence-electron chi connectivity index (χ0n) is 3.98. The van der Waals surface area contributed by atoms with Crippen LogP contribution in [0.2, 0.25) is 0 Å². The molecule has 0 aromatic carbocycles. The lowest BCUT2D eigenvalue weighted by Gasteiger charge is -1.54. The van der Waals surface area contributed by atoms with Gasteiger partial charge in [-0.05, 0) is 5.21 Å². The fraction of sp³-hybridized carbons (Fsp3) is 0. The van der Waals surface area contributed by atoms with Crippen LogP contribution in [0.25, 0.3) is 0 Å². The maximum absolute atomic E-state index is 10.3. The summed E-state index contributed by atoms with van der Waals surface area (Å²) in [6.45, 7) is 0. The van der Waals surface area contributed by atoms with Gasteiger partial charge in [0.15, 0.2) is 5.43 Å². The van der Waals surface area contributed by atoms with Gasteiger partial charge in [0.05, 0.1) is 12.4 Å². The largest absolute Gasteiger partial charge is 0.288 e. The monoisotopic (exact) mass is 109 g/mol. The van der Waals surface area contributed by atoms with Gasteiger partial charge in [0.2, 0.25) is 0 Å². The zero-order chi connectivity index (χ0) is 5.82. The molecule has 0 radical (unpaired) electrons. The second kappa shape index (κ2) is 2.11. The number of rotatable bonds is 0. The van der Waals surface area contributed by atoms with Crippen molar-refractivity contribution >= 4 is 0 Å². The van der Waals surface area contributed by atoms with Crippen LogP contribution in [0.4, 0.5) is 0 Å². The first-order valence-electron chi connectivity index (χ1n) is 2.03. The summed E-state index contributed by atoms with van der Waals surface area (Å²) >= 11 is 0. The van der Waals surface area contributed by atoms with Gasteiger partial charge in [-0.3, -0.25) is 4.79 Å². The molecule has 40 valence electrons. The Labute approximate surface area is 45.2 Å². The number of aromatic nitrogens is 3. The van der Waals surface area contributed by atoms with E-state index < -0.39 is 0 Å². The number of hydrogen-bond donors (Lipinski definition) is 0. The molecular weight excluding hydrogens is 106 g/mol. The lowest BCUT2D eigenvalue weighted by Crippen LogP contribution is -1.90. The molecule has 0 fully saturated rings. The average molecular weight is 109 g/mol. The van der Waals surface area contributed by atoms with Gasteiger partial charge in [-0.1, -0.05) is 0 Å². The van der Waals surface area contributed by atoms with E-state index in [2.05, 4.69) is 15.4 Å². The molecule has 4 nitrogen and oxygen atoms in total. The van der Waals surface area contributed by atoms with Gasteiger partial charge >= 0.3 is 0 Å². The molecule has 0 N–H and O–H groups in total. The number of nitrogens with zero attached hydrogens (tertiary/aromatic N) is 3. The minimum Gasteiger partial charge on any atom is -0.288 e. The summed E-state index contributed by atoms with van der Waals surface area (Å²) in [6, 6.07) is 1.29. The Balaban J connectivity index is 3.32. The predicted molar refractivity (Wildman–Crippen MR) is 26.1 cm³/mol. The highest BCUT2D eigenvalue weighted by molar-refractivity contribution is 4.80. The Morgan fingerprint density at radius 2 is 2.25 bits per heavy atom. The third kappa shape index (κ3) is 1.07. The quantitative estimate of drug-likeness (QED) is 0.439. The summed E-state index contributed by atoms with van der Waals surface area (Å²) in [5, 5.41) is 9.83. The van der Waals surface area contributed by atoms with Gasteiger partial charge in [0, 0.05) is 6.07 Å². The molecule has 0 atom stereocenters.